The van der Waals surface area contributed by atoms with E-state index in [4.69, 9.17) is 9.47 Å². The number of carbonyl (C=O) groups excluding carboxylic acids is 6. The molecule has 11 nitrogen and oxygen atoms in total. The molecule has 1 atom stereocenters. The van der Waals surface area contributed by atoms with Crippen LogP contribution in [-0.4, -0.2) is 53.3 Å². The van der Waals surface area contributed by atoms with Crippen molar-refractivity contribution in [2.45, 2.75) is 52.7 Å². The summed E-state index contributed by atoms with van der Waals surface area (Å²) in [5.41, 5.74) is 1.56. The fraction of sp³-hybridized carbons (Fsp3) is 0.333. The molecule has 0 saturated carbocycles. The normalized spacial score (nSPS) is 16.2. The first kappa shape index (κ1) is 29.0. The first-order valence-corrected chi connectivity index (χ1v) is 12.9. The molecule has 1 saturated heterocycles. The molecule has 0 radical (unpaired) electrons. The molecule has 0 bridgehead atoms. The number of nitrogens with zero attached hydrogens (tertiary/aromatic N) is 1. The van der Waals surface area contributed by atoms with E-state index in [2.05, 4.69) is 22.5 Å². The number of benzene rings is 2. The van der Waals surface area contributed by atoms with Gasteiger partial charge in [0, 0.05) is 36.6 Å². The Hall–Kier alpha value is -4.98. The van der Waals surface area contributed by atoms with Gasteiger partial charge in [0.15, 0.2) is 0 Å². The Labute approximate surface area is 236 Å². The van der Waals surface area contributed by atoms with E-state index in [1.165, 1.54) is 11.0 Å². The second-order valence-electron chi connectivity index (χ2n) is 10.6. The molecule has 11 heteroatoms. The van der Waals surface area contributed by atoms with Crippen LogP contribution in [0.4, 0.5) is 0 Å². The number of ether oxygens (including phenoxy) is 2. The van der Waals surface area contributed by atoms with Crippen LogP contribution in [0, 0.1) is 17.3 Å². The highest BCUT2D eigenvalue weighted by Gasteiger charge is 2.39. The molecular weight excluding hydrogens is 530 g/mol. The summed E-state index contributed by atoms with van der Waals surface area (Å²) in [6, 6.07) is 10.7. The summed E-state index contributed by atoms with van der Waals surface area (Å²) in [5, 5.41) is 4.95. The molecule has 0 aromatic heterocycles. The third-order valence-corrected chi connectivity index (χ3v) is 6.49. The average molecular weight is 560 g/mol. The lowest BCUT2D eigenvalue weighted by atomic mass is 9.98. The topological polar surface area (TPSA) is 148 Å². The Kier molecular flexibility index (Phi) is 8.52. The number of imide groups is 1. The van der Waals surface area contributed by atoms with Gasteiger partial charge in [0.2, 0.25) is 18.6 Å². The van der Waals surface area contributed by atoms with Crippen LogP contribution >= 0.6 is 0 Å². The number of amides is 4. The van der Waals surface area contributed by atoms with E-state index < -0.39 is 42.0 Å². The number of hydrogen-bond donors (Lipinski definition) is 2. The Balaban J connectivity index is 1.34. The summed E-state index contributed by atoms with van der Waals surface area (Å²) >= 11 is 0. The minimum Gasteiger partial charge on any atom is -0.427 e. The SMILES string of the molecule is CC(C)(C)C(=O)OCOC(=O)c1ccccc1C#CC(=O)NCc1ccc2c(c1)CN(C1CCC(=O)NC1=O)C2=O. The monoisotopic (exact) mass is 559 g/mol. The molecule has 2 aliphatic heterocycles. The summed E-state index contributed by atoms with van der Waals surface area (Å²) in [4.78, 5) is 74.7. The van der Waals surface area contributed by atoms with Crippen LogP contribution < -0.4 is 10.6 Å². The Morgan fingerprint density at radius 1 is 1.07 bits per heavy atom. The zero-order chi connectivity index (χ0) is 29.7. The van der Waals surface area contributed by atoms with Crippen LogP contribution in [-0.2, 0) is 41.7 Å². The van der Waals surface area contributed by atoms with Crippen LogP contribution in [0.15, 0.2) is 42.5 Å². The lowest BCUT2D eigenvalue weighted by Gasteiger charge is -2.29. The van der Waals surface area contributed by atoms with Crippen molar-refractivity contribution in [3.8, 4) is 11.8 Å². The van der Waals surface area contributed by atoms with E-state index in [1.807, 2.05) is 0 Å². The van der Waals surface area contributed by atoms with Gasteiger partial charge in [0.1, 0.15) is 6.04 Å². The van der Waals surface area contributed by atoms with Crippen molar-refractivity contribution >= 4 is 35.6 Å². The highest BCUT2D eigenvalue weighted by molar-refractivity contribution is 6.05. The van der Waals surface area contributed by atoms with E-state index >= 15 is 0 Å². The minimum atomic E-state index is -0.754. The first-order valence-electron chi connectivity index (χ1n) is 12.9. The maximum atomic E-state index is 12.8. The predicted molar refractivity (Wildman–Crippen MR) is 143 cm³/mol. The van der Waals surface area contributed by atoms with Gasteiger partial charge in [0.05, 0.1) is 11.0 Å². The molecular formula is C30H29N3O8. The summed E-state index contributed by atoms with van der Waals surface area (Å²) in [6.07, 6.45) is 0.449. The summed E-state index contributed by atoms with van der Waals surface area (Å²) in [7, 11) is 0. The number of nitrogens with one attached hydrogen (secondary N) is 2. The zero-order valence-corrected chi connectivity index (χ0v) is 22.9. The smallest absolute Gasteiger partial charge is 0.342 e. The number of carbonyl (C=O) groups is 6. The van der Waals surface area contributed by atoms with Gasteiger partial charge in [-0.25, -0.2) is 4.79 Å². The standard InChI is InChI=1S/C30H29N3O8/c1-30(2,3)29(39)41-17-40-28(38)22-7-5-4-6-19(22)9-12-24(34)31-15-18-8-10-21-20(14-18)16-33(27(21)37)23-11-13-25(35)32-26(23)36/h4-8,10,14,23H,11,13,15-17H2,1-3H3,(H,31,34)(H,32,35,36). The van der Waals surface area contributed by atoms with Gasteiger partial charge in [-0.3, -0.25) is 29.3 Å². The fourth-order valence-electron chi connectivity index (χ4n) is 4.29. The van der Waals surface area contributed by atoms with E-state index in [0.717, 1.165) is 11.1 Å². The third kappa shape index (κ3) is 6.97. The molecule has 4 rings (SSSR count). The van der Waals surface area contributed by atoms with Crippen molar-refractivity contribution in [3.05, 3.63) is 70.3 Å². The third-order valence-electron chi connectivity index (χ3n) is 6.49. The van der Waals surface area contributed by atoms with Gasteiger partial charge in [-0.2, -0.15) is 0 Å². The van der Waals surface area contributed by atoms with Crippen LogP contribution in [0.3, 0.4) is 0 Å². The minimum absolute atomic E-state index is 0.114. The molecule has 212 valence electrons. The van der Waals surface area contributed by atoms with Crippen molar-refractivity contribution in [2.24, 2.45) is 5.41 Å². The fourth-order valence-corrected chi connectivity index (χ4v) is 4.29. The van der Waals surface area contributed by atoms with Gasteiger partial charge in [0.25, 0.3) is 11.8 Å². The van der Waals surface area contributed by atoms with E-state index in [0.29, 0.717) is 5.56 Å². The van der Waals surface area contributed by atoms with Crippen molar-refractivity contribution in [3.63, 3.8) is 0 Å². The van der Waals surface area contributed by atoms with Crippen molar-refractivity contribution < 1.29 is 38.2 Å². The second kappa shape index (κ2) is 12.0. The number of fused-ring (bicyclic) bond motifs is 1. The molecule has 2 aromatic rings. The zero-order valence-electron chi connectivity index (χ0n) is 22.9. The summed E-state index contributed by atoms with van der Waals surface area (Å²) in [5.74, 6) is 2.15. The lowest BCUT2D eigenvalue weighted by Crippen LogP contribution is -2.52. The Morgan fingerprint density at radius 3 is 2.56 bits per heavy atom. The van der Waals surface area contributed by atoms with Gasteiger partial charge >= 0.3 is 11.9 Å². The molecule has 4 amide bonds. The first-order chi connectivity index (χ1) is 19.4. The van der Waals surface area contributed by atoms with Crippen molar-refractivity contribution in [2.75, 3.05) is 6.79 Å². The quantitative estimate of drug-likeness (QED) is 0.236. The number of rotatable bonds is 6. The molecule has 2 N–H and O–H groups in total. The highest BCUT2D eigenvalue weighted by Crippen LogP contribution is 2.28. The van der Waals surface area contributed by atoms with Gasteiger partial charge < -0.3 is 19.7 Å². The van der Waals surface area contributed by atoms with Gasteiger partial charge in [-0.15, -0.1) is 0 Å². The second-order valence-corrected chi connectivity index (χ2v) is 10.6. The highest BCUT2D eigenvalue weighted by atomic mass is 16.7. The Morgan fingerprint density at radius 2 is 1.83 bits per heavy atom. The molecule has 0 spiro atoms. The summed E-state index contributed by atoms with van der Waals surface area (Å²) in [6.45, 7) is 4.84. The maximum Gasteiger partial charge on any atom is 0.342 e. The van der Waals surface area contributed by atoms with Crippen LogP contribution in [0.2, 0.25) is 0 Å². The molecule has 2 aromatic carbocycles. The molecule has 0 aliphatic carbocycles. The van der Waals surface area contributed by atoms with Gasteiger partial charge in [-0.05, 0) is 56.5 Å². The number of piperidine rings is 1. The van der Waals surface area contributed by atoms with Crippen molar-refractivity contribution in [1.29, 1.82) is 0 Å². The van der Waals surface area contributed by atoms with E-state index in [1.54, 1.807) is 57.2 Å². The van der Waals surface area contributed by atoms with Crippen LogP contribution in [0.25, 0.3) is 0 Å². The van der Waals surface area contributed by atoms with Crippen LogP contribution in [0.1, 0.15) is 71.0 Å². The maximum absolute atomic E-state index is 12.8. The predicted octanol–water partition coefficient (Wildman–Crippen LogP) is 1.82. The number of esters is 2. The molecule has 2 aliphatic rings. The van der Waals surface area contributed by atoms with Gasteiger partial charge in [-0.1, -0.05) is 30.2 Å². The molecule has 1 unspecified atom stereocenters. The molecule has 1 fully saturated rings. The molecule has 2 heterocycles. The summed E-state index contributed by atoms with van der Waals surface area (Å²) < 4.78 is 9.99. The van der Waals surface area contributed by atoms with E-state index in [9.17, 15) is 28.8 Å². The lowest BCUT2D eigenvalue weighted by molar-refractivity contribution is -0.161. The number of hydrogen-bond acceptors (Lipinski definition) is 8. The van der Waals surface area contributed by atoms with Crippen molar-refractivity contribution in [1.82, 2.24) is 15.5 Å². The van der Waals surface area contributed by atoms with Crippen LogP contribution in [0.5, 0.6) is 0 Å². The Bertz CT molecular complexity index is 1500. The largest absolute Gasteiger partial charge is 0.427 e. The average Bonchev–Trinajstić information content (AvgIpc) is 3.25. The van der Waals surface area contributed by atoms with E-state index in [-0.39, 0.29) is 48.9 Å². The molecule has 41 heavy (non-hydrogen) atoms.